The van der Waals surface area contributed by atoms with E-state index < -0.39 is 0 Å². The molecule has 0 saturated carbocycles. The summed E-state index contributed by atoms with van der Waals surface area (Å²) >= 11 is 0. The SMILES string of the molecule is CO[C@H]1[C@H](NC(=O)Cc2ccccc2)c2ccccc2C12CCN(Cc1ccc(NC(C)=O)cc1)CC2. The number of benzene rings is 3. The van der Waals surface area contributed by atoms with Crippen LogP contribution in [0.4, 0.5) is 5.69 Å². The first-order valence-corrected chi connectivity index (χ1v) is 13.0. The molecule has 2 N–H and O–H groups in total. The topological polar surface area (TPSA) is 70.7 Å². The van der Waals surface area contributed by atoms with Crippen molar-refractivity contribution < 1.29 is 14.3 Å². The molecule has 1 saturated heterocycles. The Bertz CT molecular complexity index is 1230. The maximum Gasteiger partial charge on any atom is 0.224 e. The number of fused-ring (bicyclic) bond motifs is 2. The lowest BCUT2D eigenvalue weighted by Gasteiger charge is -2.44. The van der Waals surface area contributed by atoms with Gasteiger partial charge in [-0.1, -0.05) is 66.7 Å². The summed E-state index contributed by atoms with van der Waals surface area (Å²) in [7, 11) is 1.78. The number of nitrogens with one attached hydrogen (secondary N) is 2. The number of rotatable bonds is 7. The quantitative estimate of drug-likeness (QED) is 0.500. The second kappa shape index (κ2) is 10.9. The molecule has 2 aliphatic rings. The van der Waals surface area contributed by atoms with E-state index >= 15 is 0 Å². The van der Waals surface area contributed by atoms with Crippen LogP contribution < -0.4 is 10.6 Å². The monoisotopic (exact) mass is 497 g/mol. The number of carbonyl (C=O) groups is 2. The smallest absolute Gasteiger partial charge is 0.224 e. The molecule has 1 aliphatic heterocycles. The average Bonchev–Trinajstić information content (AvgIpc) is 3.15. The van der Waals surface area contributed by atoms with E-state index in [1.165, 1.54) is 23.6 Å². The Hall–Kier alpha value is -3.48. The highest BCUT2D eigenvalue weighted by molar-refractivity contribution is 5.88. The van der Waals surface area contributed by atoms with Crippen molar-refractivity contribution in [2.45, 2.75) is 50.3 Å². The van der Waals surface area contributed by atoms with Crippen molar-refractivity contribution in [1.82, 2.24) is 10.2 Å². The van der Waals surface area contributed by atoms with Crippen LogP contribution in [0.5, 0.6) is 0 Å². The highest BCUT2D eigenvalue weighted by Crippen LogP contribution is 2.52. The van der Waals surface area contributed by atoms with E-state index in [0.717, 1.165) is 43.7 Å². The van der Waals surface area contributed by atoms with Crippen LogP contribution in [-0.4, -0.2) is 43.0 Å². The largest absolute Gasteiger partial charge is 0.378 e. The molecular formula is C31H35N3O3. The summed E-state index contributed by atoms with van der Waals surface area (Å²) in [6, 6.07) is 26.3. The van der Waals surface area contributed by atoms with Crippen molar-refractivity contribution in [1.29, 1.82) is 0 Å². The van der Waals surface area contributed by atoms with Gasteiger partial charge in [0.15, 0.2) is 0 Å². The third kappa shape index (κ3) is 5.31. The first-order chi connectivity index (χ1) is 18.0. The normalized spacial score (nSPS) is 20.4. The zero-order chi connectivity index (χ0) is 25.8. The Morgan fingerprint density at radius 1 is 0.919 bits per heavy atom. The first kappa shape index (κ1) is 25.2. The Labute approximate surface area is 219 Å². The third-order valence-electron chi connectivity index (χ3n) is 7.89. The van der Waals surface area contributed by atoms with Crippen LogP contribution in [-0.2, 0) is 32.7 Å². The fraction of sp³-hybridized carbons (Fsp3) is 0.355. The van der Waals surface area contributed by atoms with Gasteiger partial charge in [0, 0.05) is 31.7 Å². The van der Waals surface area contributed by atoms with E-state index in [1.807, 2.05) is 42.5 Å². The zero-order valence-corrected chi connectivity index (χ0v) is 21.6. The number of amides is 2. The van der Waals surface area contributed by atoms with Crippen molar-refractivity contribution in [2.24, 2.45) is 0 Å². The zero-order valence-electron chi connectivity index (χ0n) is 21.6. The van der Waals surface area contributed by atoms with Crippen LogP contribution in [0.1, 0.15) is 48.1 Å². The molecule has 3 aromatic rings. The second-order valence-corrected chi connectivity index (χ2v) is 10.3. The summed E-state index contributed by atoms with van der Waals surface area (Å²) in [5.41, 5.74) is 5.42. The van der Waals surface area contributed by atoms with Crippen LogP contribution >= 0.6 is 0 Å². The van der Waals surface area contributed by atoms with Crippen LogP contribution in [0.3, 0.4) is 0 Å². The maximum atomic E-state index is 13.1. The highest BCUT2D eigenvalue weighted by atomic mass is 16.5. The van der Waals surface area contributed by atoms with Gasteiger partial charge in [0.05, 0.1) is 18.6 Å². The van der Waals surface area contributed by atoms with Crippen molar-refractivity contribution in [3.05, 3.63) is 101 Å². The number of hydrogen-bond acceptors (Lipinski definition) is 4. The molecule has 0 radical (unpaired) electrons. The Kier molecular flexibility index (Phi) is 7.40. The van der Waals surface area contributed by atoms with E-state index in [1.54, 1.807) is 7.11 Å². The molecule has 2 amide bonds. The molecule has 6 heteroatoms. The number of hydrogen-bond donors (Lipinski definition) is 2. The number of nitrogens with zero attached hydrogens (tertiary/aromatic N) is 1. The minimum atomic E-state index is -0.162. The standard InChI is InChI=1S/C31H35N3O3/c1-22(35)32-25-14-12-24(13-15-25)21-34-18-16-31(17-19-34)27-11-7-6-10-26(27)29(30(31)37-2)33-28(36)20-23-8-4-3-5-9-23/h3-15,29-30H,16-21H2,1-2H3,(H,32,35)(H,33,36)/t29-,30+/m1/s1. The first-order valence-electron chi connectivity index (χ1n) is 13.0. The highest BCUT2D eigenvalue weighted by Gasteiger charge is 2.53. The van der Waals surface area contributed by atoms with Gasteiger partial charge in [-0.15, -0.1) is 0 Å². The van der Waals surface area contributed by atoms with E-state index in [2.05, 4.69) is 51.9 Å². The molecule has 1 fully saturated rings. The van der Waals surface area contributed by atoms with Gasteiger partial charge in [0.1, 0.15) is 0 Å². The Morgan fingerprint density at radius 3 is 2.27 bits per heavy atom. The van der Waals surface area contributed by atoms with Gasteiger partial charge < -0.3 is 15.4 Å². The summed E-state index contributed by atoms with van der Waals surface area (Å²) < 4.78 is 6.18. The number of ether oxygens (including phenoxy) is 1. The summed E-state index contributed by atoms with van der Waals surface area (Å²) in [5.74, 6) is -0.0431. The predicted molar refractivity (Wildman–Crippen MR) is 145 cm³/mol. The van der Waals surface area contributed by atoms with Gasteiger partial charge in [-0.25, -0.2) is 0 Å². The molecule has 1 heterocycles. The molecule has 2 atom stereocenters. The molecule has 1 spiro atoms. The molecule has 0 bridgehead atoms. The molecule has 1 aliphatic carbocycles. The molecule has 0 aromatic heterocycles. The lowest BCUT2D eigenvalue weighted by Crippen LogP contribution is -2.50. The predicted octanol–water partition coefficient (Wildman–Crippen LogP) is 4.61. The van der Waals surface area contributed by atoms with E-state index in [4.69, 9.17) is 4.74 Å². The lowest BCUT2D eigenvalue weighted by molar-refractivity contribution is -0.123. The van der Waals surface area contributed by atoms with Crippen molar-refractivity contribution >= 4 is 17.5 Å². The maximum absolute atomic E-state index is 13.1. The number of piperidine rings is 1. The van der Waals surface area contributed by atoms with E-state index in [-0.39, 0.29) is 29.4 Å². The average molecular weight is 498 g/mol. The van der Waals surface area contributed by atoms with Crippen LogP contribution in [0.15, 0.2) is 78.9 Å². The van der Waals surface area contributed by atoms with Crippen LogP contribution in [0.2, 0.25) is 0 Å². The Morgan fingerprint density at radius 2 is 1.59 bits per heavy atom. The van der Waals surface area contributed by atoms with Crippen molar-refractivity contribution in [3.8, 4) is 0 Å². The number of methoxy groups -OCH3 is 1. The van der Waals surface area contributed by atoms with Gasteiger partial charge in [0.25, 0.3) is 0 Å². The fourth-order valence-electron chi connectivity index (χ4n) is 6.20. The van der Waals surface area contributed by atoms with Gasteiger partial charge in [0.2, 0.25) is 11.8 Å². The van der Waals surface area contributed by atoms with Gasteiger partial charge in [-0.2, -0.15) is 0 Å². The molecule has 3 aromatic carbocycles. The van der Waals surface area contributed by atoms with Crippen molar-refractivity contribution in [3.63, 3.8) is 0 Å². The molecule has 192 valence electrons. The third-order valence-corrected chi connectivity index (χ3v) is 7.89. The molecular weight excluding hydrogens is 462 g/mol. The number of anilines is 1. The number of likely N-dealkylation sites (tertiary alicyclic amines) is 1. The minimum Gasteiger partial charge on any atom is -0.378 e. The molecule has 6 nitrogen and oxygen atoms in total. The van der Waals surface area contributed by atoms with Gasteiger partial charge >= 0.3 is 0 Å². The fourth-order valence-corrected chi connectivity index (χ4v) is 6.20. The van der Waals surface area contributed by atoms with E-state index in [0.29, 0.717) is 6.42 Å². The van der Waals surface area contributed by atoms with Gasteiger partial charge in [-0.05, 0) is 60.3 Å². The van der Waals surface area contributed by atoms with Crippen LogP contribution in [0, 0.1) is 0 Å². The minimum absolute atomic E-state index is 0.0187. The summed E-state index contributed by atoms with van der Waals surface area (Å²) in [6.45, 7) is 4.29. The number of carbonyl (C=O) groups excluding carboxylic acids is 2. The lowest BCUT2D eigenvalue weighted by atomic mass is 9.72. The molecule has 0 unspecified atom stereocenters. The second-order valence-electron chi connectivity index (χ2n) is 10.3. The molecule has 5 rings (SSSR count). The Balaban J connectivity index is 1.29. The van der Waals surface area contributed by atoms with E-state index in [9.17, 15) is 9.59 Å². The van der Waals surface area contributed by atoms with Crippen molar-refractivity contribution in [2.75, 3.05) is 25.5 Å². The summed E-state index contributed by atoms with van der Waals surface area (Å²) in [4.78, 5) is 26.8. The summed E-state index contributed by atoms with van der Waals surface area (Å²) in [5, 5.41) is 6.14. The van der Waals surface area contributed by atoms with Crippen LogP contribution in [0.25, 0.3) is 0 Å². The van der Waals surface area contributed by atoms with Gasteiger partial charge in [-0.3, -0.25) is 14.5 Å². The molecule has 37 heavy (non-hydrogen) atoms. The summed E-state index contributed by atoms with van der Waals surface area (Å²) in [6.07, 6.45) is 2.19.